The first-order chi connectivity index (χ1) is 12.5. The van der Waals surface area contributed by atoms with Crippen molar-refractivity contribution < 1.29 is 14.3 Å². The second-order valence-electron chi connectivity index (χ2n) is 5.84. The number of ether oxygens (including phenoxy) is 1. The average Bonchev–Trinajstić information content (AvgIpc) is 2.70. The lowest BCUT2D eigenvalue weighted by atomic mass is 10.1. The summed E-state index contributed by atoms with van der Waals surface area (Å²) in [5, 5.41) is 2.83. The second kappa shape index (κ2) is 9.65. The minimum absolute atomic E-state index is 0.110. The lowest BCUT2D eigenvalue weighted by Crippen LogP contribution is -2.31. The third-order valence-electron chi connectivity index (χ3n) is 4.05. The van der Waals surface area contributed by atoms with Crippen LogP contribution >= 0.6 is 0 Å². The van der Waals surface area contributed by atoms with E-state index in [0.29, 0.717) is 18.7 Å². The molecule has 0 aliphatic heterocycles. The number of methoxy groups -OCH3 is 1. The third kappa shape index (κ3) is 5.37. The van der Waals surface area contributed by atoms with Gasteiger partial charge in [0.05, 0.1) is 12.5 Å². The van der Waals surface area contributed by atoms with Crippen LogP contribution in [0.15, 0.2) is 48.8 Å². The first-order valence-corrected chi connectivity index (χ1v) is 8.31. The minimum Gasteiger partial charge on any atom is -0.380 e. The molecule has 0 aliphatic carbocycles. The maximum atomic E-state index is 12.4. The molecule has 0 saturated heterocycles. The van der Waals surface area contributed by atoms with Crippen LogP contribution in [0.2, 0.25) is 0 Å². The minimum atomic E-state index is -0.273. The number of pyridine rings is 1. The smallest absolute Gasteiger partial charge is 0.258 e. The van der Waals surface area contributed by atoms with E-state index in [1.807, 2.05) is 24.3 Å². The first-order valence-electron chi connectivity index (χ1n) is 8.31. The molecule has 7 nitrogen and oxygen atoms in total. The molecule has 1 aromatic carbocycles. The molecule has 0 fully saturated rings. The van der Waals surface area contributed by atoms with Gasteiger partial charge in [0.25, 0.3) is 5.91 Å². The van der Waals surface area contributed by atoms with Gasteiger partial charge in [0.15, 0.2) is 0 Å². The number of rotatable bonds is 8. The van der Waals surface area contributed by atoms with E-state index in [4.69, 9.17) is 10.5 Å². The standard InChI is InChI=1S/C19H24N4O3/c1-23(19(25)15-7-9-21-10-8-15)16-5-3-14(4-6-16)13-22-18(24)11-17(12-20)26-2/h3-10,17H,11-13,20H2,1-2H3,(H,22,24). The highest BCUT2D eigenvalue weighted by atomic mass is 16.5. The molecule has 7 heteroatoms. The fourth-order valence-corrected chi connectivity index (χ4v) is 2.39. The Morgan fingerprint density at radius 1 is 1.19 bits per heavy atom. The number of benzene rings is 1. The number of carbonyl (C=O) groups excluding carboxylic acids is 2. The lowest BCUT2D eigenvalue weighted by Gasteiger charge is -2.18. The number of nitrogens with two attached hydrogens (primary N) is 1. The van der Waals surface area contributed by atoms with Crippen molar-refractivity contribution in [3.8, 4) is 0 Å². The zero-order valence-electron chi connectivity index (χ0n) is 15.0. The highest BCUT2D eigenvalue weighted by Crippen LogP contribution is 2.16. The van der Waals surface area contributed by atoms with Crippen molar-refractivity contribution in [2.45, 2.75) is 19.1 Å². The van der Waals surface area contributed by atoms with Crippen LogP contribution in [-0.4, -0.2) is 43.6 Å². The van der Waals surface area contributed by atoms with Gasteiger partial charge < -0.3 is 20.7 Å². The molecule has 1 atom stereocenters. The highest BCUT2D eigenvalue weighted by molar-refractivity contribution is 6.05. The number of nitrogens with zero attached hydrogens (tertiary/aromatic N) is 2. The quantitative estimate of drug-likeness (QED) is 0.744. The van der Waals surface area contributed by atoms with Crippen molar-refractivity contribution in [3.63, 3.8) is 0 Å². The number of carbonyl (C=O) groups is 2. The third-order valence-corrected chi connectivity index (χ3v) is 4.05. The Balaban J connectivity index is 1.91. The summed E-state index contributed by atoms with van der Waals surface area (Å²) in [4.78, 5) is 29.8. The lowest BCUT2D eigenvalue weighted by molar-refractivity contribution is -0.123. The molecule has 0 aliphatic rings. The number of anilines is 1. The average molecular weight is 356 g/mol. The van der Waals surface area contributed by atoms with E-state index < -0.39 is 0 Å². The molecule has 0 saturated carbocycles. The van der Waals surface area contributed by atoms with Gasteiger partial charge in [0, 0.05) is 50.9 Å². The molecule has 0 spiro atoms. The van der Waals surface area contributed by atoms with Gasteiger partial charge in [0.1, 0.15) is 0 Å². The number of nitrogens with one attached hydrogen (secondary N) is 1. The number of hydrogen-bond acceptors (Lipinski definition) is 5. The van der Waals surface area contributed by atoms with E-state index in [-0.39, 0.29) is 24.3 Å². The van der Waals surface area contributed by atoms with Crippen molar-refractivity contribution in [2.24, 2.45) is 5.73 Å². The summed E-state index contributed by atoms with van der Waals surface area (Å²) in [5.41, 5.74) is 7.79. The Labute approximate surface area is 153 Å². The van der Waals surface area contributed by atoms with Crippen molar-refractivity contribution >= 4 is 17.5 Å². The molecule has 26 heavy (non-hydrogen) atoms. The van der Waals surface area contributed by atoms with E-state index in [2.05, 4.69) is 10.3 Å². The highest BCUT2D eigenvalue weighted by Gasteiger charge is 2.14. The van der Waals surface area contributed by atoms with Crippen LogP contribution in [0.3, 0.4) is 0 Å². The van der Waals surface area contributed by atoms with Crippen LogP contribution in [0.5, 0.6) is 0 Å². The van der Waals surface area contributed by atoms with Crippen LogP contribution in [0.4, 0.5) is 5.69 Å². The molecular weight excluding hydrogens is 332 g/mol. The Kier molecular flexibility index (Phi) is 7.25. The normalized spacial score (nSPS) is 11.7. The molecule has 2 aromatic rings. The predicted molar refractivity (Wildman–Crippen MR) is 99.7 cm³/mol. The Morgan fingerprint density at radius 2 is 1.85 bits per heavy atom. The van der Waals surface area contributed by atoms with Crippen LogP contribution in [0.1, 0.15) is 22.3 Å². The van der Waals surface area contributed by atoms with Crippen LogP contribution in [-0.2, 0) is 16.1 Å². The molecule has 0 bridgehead atoms. The maximum Gasteiger partial charge on any atom is 0.258 e. The summed E-state index contributed by atoms with van der Waals surface area (Å²) < 4.78 is 5.10. The summed E-state index contributed by atoms with van der Waals surface area (Å²) >= 11 is 0. The molecule has 1 aromatic heterocycles. The van der Waals surface area contributed by atoms with Crippen molar-refractivity contribution in [1.82, 2.24) is 10.3 Å². The van der Waals surface area contributed by atoms with E-state index in [1.54, 1.807) is 36.5 Å². The first kappa shape index (κ1) is 19.6. The Morgan fingerprint density at radius 3 is 2.42 bits per heavy atom. The Bertz CT molecular complexity index is 715. The zero-order chi connectivity index (χ0) is 18.9. The van der Waals surface area contributed by atoms with Crippen LogP contribution < -0.4 is 16.0 Å². The van der Waals surface area contributed by atoms with Crippen molar-refractivity contribution in [3.05, 3.63) is 59.9 Å². The van der Waals surface area contributed by atoms with Crippen molar-refractivity contribution in [2.75, 3.05) is 25.6 Å². The number of aromatic nitrogens is 1. The fourth-order valence-electron chi connectivity index (χ4n) is 2.39. The molecular formula is C19H24N4O3. The van der Waals surface area contributed by atoms with Gasteiger partial charge in [-0.25, -0.2) is 0 Å². The molecule has 3 N–H and O–H groups in total. The summed E-state index contributed by atoms with van der Waals surface area (Å²) in [6, 6.07) is 10.8. The van der Waals surface area contributed by atoms with Gasteiger partial charge >= 0.3 is 0 Å². The topological polar surface area (TPSA) is 97.5 Å². The van der Waals surface area contributed by atoms with E-state index in [1.165, 1.54) is 7.11 Å². The molecule has 1 heterocycles. The van der Waals surface area contributed by atoms with E-state index in [0.717, 1.165) is 11.3 Å². The maximum absolute atomic E-state index is 12.4. The fraction of sp³-hybridized carbons (Fsp3) is 0.316. The predicted octanol–water partition coefficient (Wildman–Crippen LogP) is 1.34. The van der Waals surface area contributed by atoms with Crippen molar-refractivity contribution in [1.29, 1.82) is 0 Å². The molecule has 2 amide bonds. The second-order valence-corrected chi connectivity index (χ2v) is 5.84. The van der Waals surface area contributed by atoms with Crippen LogP contribution in [0.25, 0.3) is 0 Å². The number of hydrogen-bond donors (Lipinski definition) is 2. The summed E-state index contributed by atoms with van der Waals surface area (Å²) in [7, 11) is 3.25. The van der Waals surface area contributed by atoms with E-state index >= 15 is 0 Å². The van der Waals surface area contributed by atoms with Crippen LogP contribution in [0, 0.1) is 0 Å². The molecule has 1 unspecified atom stereocenters. The van der Waals surface area contributed by atoms with Gasteiger partial charge in [0.2, 0.25) is 5.91 Å². The summed E-state index contributed by atoms with van der Waals surface area (Å²) in [6.45, 7) is 0.707. The van der Waals surface area contributed by atoms with E-state index in [9.17, 15) is 9.59 Å². The molecule has 138 valence electrons. The SMILES string of the molecule is COC(CN)CC(=O)NCc1ccc(N(C)C(=O)c2ccncc2)cc1. The molecule has 0 radical (unpaired) electrons. The zero-order valence-corrected chi connectivity index (χ0v) is 15.0. The largest absolute Gasteiger partial charge is 0.380 e. The number of amides is 2. The van der Waals surface area contributed by atoms with Gasteiger partial charge in [-0.2, -0.15) is 0 Å². The summed E-state index contributed by atoms with van der Waals surface area (Å²) in [5.74, 6) is -0.225. The van der Waals surface area contributed by atoms with Gasteiger partial charge in [-0.15, -0.1) is 0 Å². The van der Waals surface area contributed by atoms with Gasteiger partial charge in [-0.05, 0) is 29.8 Å². The monoisotopic (exact) mass is 356 g/mol. The molecule has 2 rings (SSSR count). The van der Waals surface area contributed by atoms with Gasteiger partial charge in [-0.1, -0.05) is 12.1 Å². The Hall–Kier alpha value is -2.77. The van der Waals surface area contributed by atoms with Gasteiger partial charge in [-0.3, -0.25) is 14.6 Å². The summed E-state index contributed by atoms with van der Waals surface area (Å²) in [6.07, 6.45) is 3.14.